The molecule has 3 rings (SSSR count). The molecule has 1 saturated heterocycles. The number of halogens is 1. The average molecular weight is 248 g/mol. The fraction of sp³-hybridized carbons (Fsp3) is 0.500. The number of carbonyl (C=O) groups is 1. The molecule has 1 amide bonds. The summed E-state index contributed by atoms with van der Waals surface area (Å²) >= 11 is 0. The molecule has 0 saturated carbocycles. The predicted octanol–water partition coefficient (Wildman–Crippen LogP) is 1.71. The lowest BCUT2D eigenvalue weighted by atomic mass is 9.98. The molecule has 0 aliphatic carbocycles. The number of benzene rings is 1. The summed E-state index contributed by atoms with van der Waals surface area (Å²) in [4.78, 5) is 14.2. The third-order valence-corrected chi connectivity index (χ3v) is 3.86. The lowest BCUT2D eigenvalue weighted by Crippen LogP contribution is -2.42. The highest BCUT2D eigenvalue weighted by Gasteiger charge is 2.31. The van der Waals surface area contributed by atoms with Gasteiger partial charge in [-0.05, 0) is 43.5 Å². The monoisotopic (exact) mass is 248 g/mol. The molecule has 1 aromatic rings. The van der Waals surface area contributed by atoms with Crippen LogP contribution in [0.2, 0.25) is 0 Å². The Bertz CT molecular complexity index is 469. The Morgan fingerprint density at radius 3 is 3.11 bits per heavy atom. The lowest BCUT2D eigenvalue weighted by Gasteiger charge is -2.27. The van der Waals surface area contributed by atoms with E-state index < -0.39 is 0 Å². The summed E-state index contributed by atoms with van der Waals surface area (Å²) < 4.78 is 13.3. The third kappa shape index (κ3) is 2.01. The van der Waals surface area contributed by atoms with Gasteiger partial charge in [0.2, 0.25) is 5.91 Å². The molecule has 3 nitrogen and oxygen atoms in total. The molecule has 2 aliphatic rings. The summed E-state index contributed by atoms with van der Waals surface area (Å²) in [6.07, 6.45) is 2.81. The van der Waals surface area contributed by atoms with Crippen molar-refractivity contribution in [2.45, 2.75) is 19.3 Å². The summed E-state index contributed by atoms with van der Waals surface area (Å²) in [5.74, 6) is -0.0743. The Hall–Kier alpha value is -1.42. The molecule has 96 valence electrons. The van der Waals surface area contributed by atoms with Crippen LogP contribution < -0.4 is 10.2 Å². The normalized spacial score (nSPS) is 22.9. The molecule has 0 radical (unpaired) electrons. The van der Waals surface area contributed by atoms with Gasteiger partial charge in [0.05, 0.1) is 5.92 Å². The molecule has 2 heterocycles. The Morgan fingerprint density at radius 2 is 2.33 bits per heavy atom. The highest BCUT2D eigenvalue weighted by Crippen LogP contribution is 2.30. The van der Waals surface area contributed by atoms with E-state index in [9.17, 15) is 9.18 Å². The van der Waals surface area contributed by atoms with E-state index in [0.717, 1.165) is 43.6 Å². The van der Waals surface area contributed by atoms with Crippen molar-refractivity contribution in [2.75, 3.05) is 24.5 Å². The van der Waals surface area contributed by atoms with Crippen LogP contribution in [0.4, 0.5) is 10.1 Å². The van der Waals surface area contributed by atoms with Crippen LogP contribution in [-0.4, -0.2) is 25.5 Å². The summed E-state index contributed by atoms with van der Waals surface area (Å²) in [7, 11) is 0. The van der Waals surface area contributed by atoms with E-state index in [1.807, 2.05) is 0 Å². The molecule has 18 heavy (non-hydrogen) atoms. The minimum Gasteiger partial charge on any atom is -0.316 e. The van der Waals surface area contributed by atoms with Gasteiger partial charge in [0, 0.05) is 18.8 Å². The molecule has 1 unspecified atom stereocenters. The number of nitrogens with zero attached hydrogens (tertiary/aromatic N) is 1. The van der Waals surface area contributed by atoms with E-state index in [0.29, 0.717) is 6.54 Å². The van der Waals surface area contributed by atoms with Crippen LogP contribution in [-0.2, 0) is 11.2 Å². The average Bonchev–Trinajstić information content (AvgIpc) is 2.82. The largest absolute Gasteiger partial charge is 0.316 e. The number of piperidine rings is 1. The van der Waals surface area contributed by atoms with E-state index in [-0.39, 0.29) is 17.6 Å². The maximum absolute atomic E-state index is 13.3. The smallest absolute Gasteiger partial charge is 0.231 e. The number of carbonyl (C=O) groups excluding carboxylic acids is 1. The summed E-state index contributed by atoms with van der Waals surface area (Å²) in [5.41, 5.74) is 1.85. The molecule has 1 atom stereocenters. The first-order valence-electron chi connectivity index (χ1n) is 6.56. The van der Waals surface area contributed by atoms with Crippen LogP contribution in [0.5, 0.6) is 0 Å². The number of fused-ring (bicyclic) bond motifs is 1. The maximum Gasteiger partial charge on any atom is 0.231 e. The van der Waals surface area contributed by atoms with Crippen LogP contribution >= 0.6 is 0 Å². The second kappa shape index (κ2) is 4.69. The maximum atomic E-state index is 13.3. The second-order valence-corrected chi connectivity index (χ2v) is 5.06. The standard InChI is InChI=1S/C14H17FN2O/c15-12-4-3-10-5-7-17(13(10)8-12)14(18)11-2-1-6-16-9-11/h3-4,8,11,16H,1-2,5-7,9H2. The van der Waals surface area contributed by atoms with Crippen LogP contribution in [0.1, 0.15) is 18.4 Å². The Morgan fingerprint density at radius 1 is 1.44 bits per heavy atom. The van der Waals surface area contributed by atoms with Gasteiger partial charge in [0.25, 0.3) is 0 Å². The molecule has 0 aromatic heterocycles. The fourth-order valence-corrected chi connectivity index (χ4v) is 2.86. The van der Waals surface area contributed by atoms with Crippen LogP contribution in [0.3, 0.4) is 0 Å². The quantitative estimate of drug-likeness (QED) is 0.820. The van der Waals surface area contributed by atoms with Gasteiger partial charge in [-0.1, -0.05) is 6.07 Å². The van der Waals surface area contributed by atoms with Crippen molar-refractivity contribution in [1.82, 2.24) is 5.32 Å². The number of anilines is 1. The van der Waals surface area contributed by atoms with E-state index >= 15 is 0 Å². The van der Waals surface area contributed by atoms with Crippen molar-refractivity contribution in [3.8, 4) is 0 Å². The fourth-order valence-electron chi connectivity index (χ4n) is 2.86. The van der Waals surface area contributed by atoms with Crippen molar-refractivity contribution in [3.05, 3.63) is 29.6 Å². The molecule has 0 bridgehead atoms. The van der Waals surface area contributed by atoms with Gasteiger partial charge >= 0.3 is 0 Å². The molecule has 0 spiro atoms. The van der Waals surface area contributed by atoms with Crippen molar-refractivity contribution < 1.29 is 9.18 Å². The summed E-state index contributed by atoms with van der Waals surface area (Å²) in [5, 5.41) is 3.25. The zero-order valence-electron chi connectivity index (χ0n) is 10.3. The molecular weight excluding hydrogens is 231 g/mol. The van der Waals surface area contributed by atoms with E-state index in [2.05, 4.69) is 5.32 Å². The first-order chi connectivity index (χ1) is 8.75. The van der Waals surface area contributed by atoms with Gasteiger partial charge in [-0.2, -0.15) is 0 Å². The van der Waals surface area contributed by atoms with Gasteiger partial charge in [0.15, 0.2) is 0 Å². The first-order valence-corrected chi connectivity index (χ1v) is 6.56. The Kier molecular flexibility index (Phi) is 3.04. The minimum absolute atomic E-state index is 0.0490. The van der Waals surface area contributed by atoms with Crippen molar-refractivity contribution in [2.24, 2.45) is 5.92 Å². The SMILES string of the molecule is O=C(C1CCCNC1)N1CCc2ccc(F)cc21. The number of hydrogen-bond donors (Lipinski definition) is 1. The number of amides is 1. The van der Waals surface area contributed by atoms with E-state index in [4.69, 9.17) is 0 Å². The lowest BCUT2D eigenvalue weighted by molar-refractivity contribution is -0.122. The van der Waals surface area contributed by atoms with Gasteiger partial charge in [-0.15, -0.1) is 0 Å². The van der Waals surface area contributed by atoms with E-state index in [1.54, 1.807) is 11.0 Å². The minimum atomic E-state index is -0.268. The van der Waals surface area contributed by atoms with Gasteiger partial charge in [-0.25, -0.2) is 4.39 Å². The van der Waals surface area contributed by atoms with Crippen molar-refractivity contribution in [3.63, 3.8) is 0 Å². The molecule has 1 fully saturated rings. The topological polar surface area (TPSA) is 32.3 Å². The first kappa shape index (κ1) is 11.7. The van der Waals surface area contributed by atoms with Crippen molar-refractivity contribution in [1.29, 1.82) is 0 Å². The third-order valence-electron chi connectivity index (χ3n) is 3.86. The Balaban J connectivity index is 1.82. The molecule has 1 N–H and O–H groups in total. The highest BCUT2D eigenvalue weighted by atomic mass is 19.1. The highest BCUT2D eigenvalue weighted by molar-refractivity contribution is 5.97. The van der Waals surface area contributed by atoms with Gasteiger partial charge in [-0.3, -0.25) is 4.79 Å². The Labute approximate surface area is 106 Å². The van der Waals surface area contributed by atoms with Gasteiger partial charge in [0.1, 0.15) is 5.82 Å². The second-order valence-electron chi connectivity index (χ2n) is 5.06. The van der Waals surface area contributed by atoms with E-state index in [1.165, 1.54) is 12.1 Å². The number of hydrogen-bond acceptors (Lipinski definition) is 2. The zero-order chi connectivity index (χ0) is 12.5. The van der Waals surface area contributed by atoms with Crippen LogP contribution in [0.15, 0.2) is 18.2 Å². The van der Waals surface area contributed by atoms with Crippen LogP contribution in [0, 0.1) is 11.7 Å². The molecule has 2 aliphatic heterocycles. The molecule has 1 aromatic carbocycles. The van der Waals surface area contributed by atoms with Crippen molar-refractivity contribution >= 4 is 11.6 Å². The molecule has 4 heteroatoms. The summed E-state index contributed by atoms with van der Waals surface area (Å²) in [6.45, 7) is 2.43. The predicted molar refractivity (Wildman–Crippen MR) is 68.1 cm³/mol. The number of nitrogens with one attached hydrogen (secondary N) is 1. The summed E-state index contributed by atoms with van der Waals surface area (Å²) in [6, 6.07) is 4.74. The van der Waals surface area contributed by atoms with Gasteiger partial charge < -0.3 is 10.2 Å². The molecular formula is C14H17FN2O. The zero-order valence-corrected chi connectivity index (χ0v) is 10.3. The number of rotatable bonds is 1. The van der Waals surface area contributed by atoms with Crippen LogP contribution in [0.25, 0.3) is 0 Å².